The van der Waals surface area contributed by atoms with Crippen molar-refractivity contribution in [3.05, 3.63) is 12.2 Å². The van der Waals surface area contributed by atoms with E-state index in [1.165, 1.54) is 212 Å². The van der Waals surface area contributed by atoms with Crippen LogP contribution in [0.4, 0.5) is 0 Å². The molecule has 1 unspecified atom stereocenters. The summed E-state index contributed by atoms with van der Waals surface area (Å²) >= 11 is 0. The van der Waals surface area contributed by atoms with E-state index in [1.807, 2.05) is 0 Å². The Balaban J connectivity index is 4.17. The summed E-state index contributed by atoms with van der Waals surface area (Å²) in [5, 5.41) is 0. The predicted octanol–water partition coefficient (Wildman–Crippen LogP) is 18.2. The van der Waals surface area contributed by atoms with Crippen molar-refractivity contribution in [2.24, 2.45) is 0 Å². The molecule has 366 valence electrons. The average Bonchev–Trinajstić information content (AvgIpc) is 3.27. The van der Waals surface area contributed by atoms with E-state index >= 15 is 0 Å². The summed E-state index contributed by atoms with van der Waals surface area (Å²) < 4.78 is 16.8. The Kier molecular flexibility index (Phi) is 50.2. The maximum atomic E-state index is 12.8. The normalized spacial score (nSPS) is 12.0. The molecule has 0 aromatic carbocycles. The van der Waals surface area contributed by atoms with E-state index in [9.17, 15) is 14.4 Å². The first kappa shape index (κ1) is 60.2. The topological polar surface area (TPSA) is 78.9 Å². The number of unbranched alkanes of at least 4 members (excludes halogenated alkanes) is 38. The molecular weight excluding hydrogens is 769 g/mol. The molecule has 0 aromatic heterocycles. The highest BCUT2D eigenvalue weighted by atomic mass is 16.6. The van der Waals surface area contributed by atoms with Crippen molar-refractivity contribution in [1.29, 1.82) is 0 Å². The quantitative estimate of drug-likeness (QED) is 0.0262. The van der Waals surface area contributed by atoms with Crippen LogP contribution in [0.3, 0.4) is 0 Å². The van der Waals surface area contributed by atoms with Gasteiger partial charge >= 0.3 is 17.9 Å². The number of ether oxygens (including phenoxy) is 3. The molecule has 0 aliphatic rings. The van der Waals surface area contributed by atoms with Crippen LogP contribution in [0.5, 0.6) is 0 Å². The Labute approximate surface area is 386 Å². The van der Waals surface area contributed by atoms with Crippen molar-refractivity contribution in [1.82, 2.24) is 0 Å². The highest BCUT2D eigenvalue weighted by molar-refractivity contribution is 5.71. The smallest absolute Gasteiger partial charge is 0.306 e. The van der Waals surface area contributed by atoms with E-state index < -0.39 is 6.10 Å². The standard InChI is InChI=1S/C56H106O6/c1-4-7-10-13-16-18-20-22-24-26-28-30-31-33-35-37-40-43-46-49-55(58)61-52-53(51-60-54(57)48-45-42-39-15-12-9-6-3)62-56(59)50-47-44-41-38-36-34-32-29-27-25-23-21-19-17-14-11-8-5-2/h22,24,53H,4-21,23,25-52H2,1-3H3/b24-22-. The van der Waals surface area contributed by atoms with Gasteiger partial charge in [0.25, 0.3) is 0 Å². The Morgan fingerprint density at radius 3 is 0.806 bits per heavy atom. The van der Waals surface area contributed by atoms with Crippen LogP contribution in [-0.4, -0.2) is 37.2 Å². The Hall–Kier alpha value is -1.85. The van der Waals surface area contributed by atoms with Crippen LogP contribution in [0.25, 0.3) is 0 Å². The van der Waals surface area contributed by atoms with Crippen molar-refractivity contribution in [2.45, 2.75) is 316 Å². The van der Waals surface area contributed by atoms with Crippen molar-refractivity contribution in [2.75, 3.05) is 13.2 Å². The lowest BCUT2D eigenvalue weighted by atomic mass is 10.0. The molecule has 0 saturated heterocycles. The van der Waals surface area contributed by atoms with E-state index in [-0.39, 0.29) is 31.1 Å². The molecule has 0 rings (SSSR count). The van der Waals surface area contributed by atoms with Crippen molar-refractivity contribution >= 4 is 17.9 Å². The number of carbonyl (C=O) groups excluding carboxylic acids is 3. The molecule has 0 aromatic rings. The van der Waals surface area contributed by atoms with Gasteiger partial charge in [-0.1, -0.05) is 258 Å². The monoisotopic (exact) mass is 875 g/mol. The Morgan fingerprint density at radius 1 is 0.306 bits per heavy atom. The lowest BCUT2D eigenvalue weighted by Gasteiger charge is -2.18. The molecular formula is C56H106O6. The third-order valence-electron chi connectivity index (χ3n) is 12.5. The van der Waals surface area contributed by atoms with Gasteiger partial charge in [0.1, 0.15) is 13.2 Å². The van der Waals surface area contributed by atoms with Crippen LogP contribution in [0.1, 0.15) is 310 Å². The van der Waals surface area contributed by atoms with Gasteiger partial charge in [0, 0.05) is 19.3 Å². The zero-order valence-electron chi connectivity index (χ0n) is 41.9. The lowest BCUT2D eigenvalue weighted by molar-refractivity contribution is -0.167. The second kappa shape index (κ2) is 51.8. The average molecular weight is 875 g/mol. The lowest BCUT2D eigenvalue weighted by Crippen LogP contribution is -2.30. The molecule has 0 aliphatic carbocycles. The predicted molar refractivity (Wildman–Crippen MR) is 266 cm³/mol. The number of esters is 3. The first-order valence-corrected chi connectivity index (χ1v) is 27.7. The maximum Gasteiger partial charge on any atom is 0.306 e. The van der Waals surface area contributed by atoms with Crippen LogP contribution in [-0.2, 0) is 28.6 Å². The van der Waals surface area contributed by atoms with Gasteiger partial charge in [0.2, 0.25) is 0 Å². The van der Waals surface area contributed by atoms with Gasteiger partial charge in [-0.3, -0.25) is 14.4 Å². The largest absolute Gasteiger partial charge is 0.462 e. The van der Waals surface area contributed by atoms with Crippen LogP contribution in [0.2, 0.25) is 0 Å². The fourth-order valence-corrected chi connectivity index (χ4v) is 8.32. The number of hydrogen-bond acceptors (Lipinski definition) is 6. The molecule has 0 radical (unpaired) electrons. The van der Waals surface area contributed by atoms with Crippen LogP contribution < -0.4 is 0 Å². The van der Waals surface area contributed by atoms with Gasteiger partial charge in [-0.25, -0.2) is 0 Å². The molecule has 0 fully saturated rings. The van der Waals surface area contributed by atoms with Gasteiger partial charge in [-0.05, 0) is 44.9 Å². The van der Waals surface area contributed by atoms with E-state index in [0.29, 0.717) is 19.3 Å². The Morgan fingerprint density at radius 2 is 0.532 bits per heavy atom. The summed E-state index contributed by atoms with van der Waals surface area (Å²) in [5.74, 6) is -0.855. The Bertz CT molecular complexity index is 962. The van der Waals surface area contributed by atoms with Crippen molar-refractivity contribution in [3.8, 4) is 0 Å². The summed E-state index contributed by atoms with van der Waals surface area (Å²) in [6.07, 6.45) is 57.9. The van der Waals surface area contributed by atoms with E-state index in [0.717, 1.165) is 57.8 Å². The molecule has 0 amide bonds. The van der Waals surface area contributed by atoms with E-state index in [1.54, 1.807) is 0 Å². The molecule has 0 saturated carbocycles. The van der Waals surface area contributed by atoms with Crippen LogP contribution >= 0.6 is 0 Å². The third-order valence-corrected chi connectivity index (χ3v) is 12.5. The van der Waals surface area contributed by atoms with Crippen LogP contribution in [0, 0.1) is 0 Å². The zero-order valence-corrected chi connectivity index (χ0v) is 41.9. The number of hydrogen-bond donors (Lipinski definition) is 0. The molecule has 6 heteroatoms. The maximum absolute atomic E-state index is 12.8. The van der Waals surface area contributed by atoms with Gasteiger partial charge in [-0.15, -0.1) is 0 Å². The highest BCUT2D eigenvalue weighted by Gasteiger charge is 2.19. The van der Waals surface area contributed by atoms with Gasteiger partial charge in [0.15, 0.2) is 6.10 Å². The van der Waals surface area contributed by atoms with Gasteiger partial charge in [0.05, 0.1) is 0 Å². The highest BCUT2D eigenvalue weighted by Crippen LogP contribution is 2.17. The molecule has 0 heterocycles. The molecule has 0 bridgehead atoms. The molecule has 1 atom stereocenters. The first-order chi connectivity index (χ1) is 30.5. The number of allylic oxidation sites excluding steroid dienone is 2. The summed E-state index contributed by atoms with van der Waals surface area (Å²) in [6, 6.07) is 0. The minimum Gasteiger partial charge on any atom is -0.462 e. The second-order valence-corrected chi connectivity index (χ2v) is 18.9. The minimum atomic E-state index is -0.763. The first-order valence-electron chi connectivity index (χ1n) is 27.7. The molecule has 6 nitrogen and oxygen atoms in total. The van der Waals surface area contributed by atoms with E-state index in [4.69, 9.17) is 14.2 Å². The number of carbonyl (C=O) groups is 3. The zero-order chi connectivity index (χ0) is 45.1. The fraction of sp³-hybridized carbons (Fsp3) is 0.911. The van der Waals surface area contributed by atoms with Crippen LogP contribution in [0.15, 0.2) is 12.2 Å². The van der Waals surface area contributed by atoms with Gasteiger partial charge < -0.3 is 14.2 Å². The van der Waals surface area contributed by atoms with Gasteiger partial charge in [-0.2, -0.15) is 0 Å². The second-order valence-electron chi connectivity index (χ2n) is 18.9. The van der Waals surface area contributed by atoms with E-state index in [2.05, 4.69) is 32.9 Å². The molecule has 0 aliphatic heterocycles. The van der Waals surface area contributed by atoms with Crippen molar-refractivity contribution < 1.29 is 28.6 Å². The minimum absolute atomic E-state index is 0.0660. The fourth-order valence-electron chi connectivity index (χ4n) is 8.32. The summed E-state index contributed by atoms with van der Waals surface area (Å²) in [6.45, 7) is 6.64. The SMILES string of the molecule is CCCCCCCC/C=C\CCCCCCCCCCCC(=O)OCC(COC(=O)CCCCCCCCC)OC(=O)CCCCCCCCCCCCCCCCCCCC. The summed E-state index contributed by atoms with van der Waals surface area (Å²) in [5.41, 5.74) is 0. The molecule has 0 N–H and O–H groups in total. The summed E-state index contributed by atoms with van der Waals surface area (Å²) in [4.78, 5) is 37.9. The molecule has 0 spiro atoms. The number of rotatable bonds is 51. The van der Waals surface area contributed by atoms with Crippen molar-refractivity contribution in [3.63, 3.8) is 0 Å². The molecule has 62 heavy (non-hydrogen) atoms. The third kappa shape index (κ3) is 49.2. The summed E-state index contributed by atoms with van der Waals surface area (Å²) in [7, 11) is 0.